The molecule has 1 heterocycles. The van der Waals surface area contributed by atoms with Crippen molar-refractivity contribution < 1.29 is 24.5 Å². The first-order chi connectivity index (χ1) is 21.3. The quantitative estimate of drug-likeness (QED) is 0.164. The van der Waals surface area contributed by atoms with Crippen LogP contribution in [0.4, 0.5) is 0 Å². The van der Waals surface area contributed by atoms with Crippen molar-refractivity contribution in [1.29, 1.82) is 5.26 Å². The zero-order valence-electron chi connectivity index (χ0n) is 24.6. The van der Waals surface area contributed by atoms with Crippen LogP contribution in [0.3, 0.4) is 0 Å². The van der Waals surface area contributed by atoms with E-state index in [1.54, 1.807) is 24.4 Å². The van der Waals surface area contributed by atoms with Gasteiger partial charge in [0, 0.05) is 36.1 Å². The molecule has 0 aliphatic heterocycles. The minimum Gasteiger partial charge on any atom is -0.488 e. The van der Waals surface area contributed by atoms with Crippen molar-refractivity contribution in [2.45, 2.75) is 57.9 Å². The molecule has 226 valence electrons. The number of aliphatic carboxylic acids is 1. The van der Waals surface area contributed by atoms with Crippen molar-refractivity contribution in [2.75, 3.05) is 6.61 Å². The van der Waals surface area contributed by atoms with Gasteiger partial charge in [-0.25, -0.2) is 0 Å². The standard InChI is InChI=1S/C35H34ClN3O5/c1-21(2)24-5-3-6-25(12-24)27-7-4-8-29-28(27)9-10-32(29)44-34-14-33(43-20-23-11-22(15-37)16-38-17-23)26(13-30(34)36)18-39-31(19-40)35(41)42/h3-8,11-14,16-17,21,31-32,39-40H,9-10,18-20H2,1-2H3,(H,41,42)/t31-,32-/m0/s1. The van der Waals surface area contributed by atoms with Gasteiger partial charge in [-0.05, 0) is 58.7 Å². The molecule has 1 aliphatic carbocycles. The number of benzene rings is 3. The molecule has 3 N–H and O–H groups in total. The number of aliphatic hydroxyl groups excluding tert-OH is 1. The number of rotatable bonds is 12. The molecule has 4 aromatic rings. The second kappa shape index (κ2) is 13.9. The molecule has 0 saturated carbocycles. The first kappa shape index (κ1) is 31.0. The molecule has 8 nitrogen and oxygen atoms in total. The van der Waals surface area contributed by atoms with Crippen LogP contribution in [0.5, 0.6) is 11.5 Å². The summed E-state index contributed by atoms with van der Waals surface area (Å²) in [5, 5.41) is 31.2. The van der Waals surface area contributed by atoms with Gasteiger partial charge in [0.2, 0.25) is 0 Å². The van der Waals surface area contributed by atoms with Crippen LogP contribution >= 0.6 is 11.6 Å². The molecule has 1 aromatic heterocycles. The molecule has 0 fully saturated rings. The van der Waals surface area contributed by atoms with Crippen LogP contribution in [0.15, 0.2) is 73.1 Å². The number of hydrogen-bond acceptors (Lipinski definition) is 7. The first-order valence-corrected chi connectivity index (χ1v) is 14.9. The van der Waals surface area contributed by atoms with Crippen molar-refractivity contribution >= 4 is 17.6 Å². The maximum atomic E-state index is 11.5. The molecular formula is C35H34ClN3O5. The van der Waals surface area contributed by atoms with E-state index < -0.39 is 18.6 Å². The predicted molar refractivity (Wildman–Crippen MR) is 168 cm³/mol. The minimum atomic E-state index is -1.17. The topological polar surface area (TPSA) is 125 Å². The molecule has 44 heavy (non-hydrogen) atoms. The van der Waals surface area contributed by atoms with E-state index in [1.165, 1.54) is 28.5 Å². The molecule has 5 rings (SSSR count). The van der Waals surface area contributed by atoms with Crippen LogP contribution in [0.1, 0.15) is 65.7 Å². The second-order valence-corrected chi connectivity index (χ2v) is 11.5. The molecule has 0 amide bonds. The van der Waals surface area contributed by atoms with E-state index >= 15 is 0 Å². The molecule has 0 radical (unpaired) electrons. The molecule has 0 saturated heterocycles. The number of aliphatic hydroxyl groups is 1. The van der Waals surface area contributed by atoms with Crippen LogP contribution in [-0.2, 0) is 24.4 Å². The highest BCUT2D eigenvalue weighted by atomic mass is 35.5. The lowest BCUT2D eigenvalue weighted by Crippen LogP contribution is -2.39. The molecule has 0 bridgehead atoms. The van der Waals surface area contributed by atoms with Gasteiger partial charge in [0.05, 0.1) is 17.2 Å². The summed E-state index contributed by atoms with van der Waals surface area (Å²) >= 11 is 6.73. The van der Waals surface area contributed by atoms with E-state index in [9.17, 15) is 20.3 Å². The Morgan fingerprint density at radius 1 is 1.14 bits per heavy atom. The molecular weight excluding hydrogens is 578 g/mol. The van der Waals surface area contributed by atoms with Crippen LogP contribution in [-0.4, -0.2) is 33.8 Å². The van der Waals surface area contributed by atoms with Gasteiger partial charge in [0.1, 0.15) is 36.3 Å². The Hall–Kier alpha value is -4.42. The fourth-order valence-electron chi connectivity index (χ4n) is 5.42. The molecule has 3 aromatic carbocycles. The monoisotopic (exact) mass is 611 g/mol. The van der Waals surface area contributed by atoms with E-state index in [2.05, 4.69) is 72.7 Å². The number of nitriles is 1. The number of halogens is 1. The number of nitrogens with one attached hydrogen (secondary N) is 1. The molecule has 0 spiro atoms. The summed E-state index contributed by atoms with van der Waals surface area (Å²) in [7, 11) is 0. The zero-order chi connectivity index (χ0) is 31.2. The molecule has 1 aliphatic rings. The Morgan fingerprint density at radius 2 is 1.95 bits per heavy atom. The highest BCUT2D eigenvalue weighted by Gasteiger charge is 2.28. The first-order valence-electron chi connectivity index (χ1n) is 14.5. The van der Waals surface area contributed by atoms with Gasteiger partial charge < -0.3 is 19.7 Å². The Morgan fingerprint density at radius 3 is 2.70 bits per heavy atom. The third-order valence-corrected chi connectivity index (χ3v) is 8.10. The summed E-state index contributed by atoms with van der Waals surface area (Å²) in [6.07, 6.45) is 4.53. The number of carboxylic acid groups (broad SMARTS) is 1. The summed E-state index contributed by atoms with van der Waals surface area (Å²) in [4.78, 5) is 15.5. The minimum absolute atomic E-state index is 0.0778. The van der Waals surface area contributed by atoms with Crippen LogP contribution in [0, 0.1) is 11.3 Å². The Balaban J connectivity index is 1.42. The number of ether oxygens (including phenoxy) is 2. The number of fused-ring (bicyclic) bond motifs is 1. The maximum absolute atomic E-state index is 11.5. The smallest absolute Gasteiger partial charge is 0.323 e. The van der Waals surface area contributed by atoms with Gasteiger partial charge in [-0.2, -0.15) is 5.26 Å². The van der Waals surface area contributed by atoms with Crippen molar-refractivity contribution in [3.8, 4) is 28.7 Å². The van der Waals surface area contributed by atoms with Crippen LogP contribution in [0.25, 0.3) is 11.1 Å². The molecule has 2 atom stereocenters. The normalized spacial score (nSPS) is 14.6. The lowest BCUT2D eigenvalue weighted by Gasteiger charge is -2.20. The van der Waals surface area contributed by atoms with Crippen molar-refractivity contribution in [3.63, 3.8) is 0 Å². The summed E-state index contributed by atoms with van der Waals surface area (Å²) in [6.45, 7) is 4.01. The fourth-order valence-corrected chi connectivity index (χ4v) is 5.65. The Kier molecular flexibility index (Phi) is 9.81. The SMILES string of the molecule is CC(C)c1cccc(-c2cccc3c2CC[C@@H]3Oc2cc(OCc3cncc(C#N)c3)c(CN[C@@H](CO)C(=O)O)cc2Cl)c1. The van der Waals surface area contributed by atoms with Crippen molar-refractivity contribution in [2.24, 2.45) is 0 Å². The lowest BCUT2D eigenvalue weighted by atomic mass is 9.93. The van der Waals surface area contributed by atoms with Crippen LogP contribution in [0.2, 0.25) is 5.02 Å². The second-order valence-electron chi connectivity index (χ2n) is 11.1. The number of carboxylic acids is 1. The summed E-state index contributed by atoms with van der Waals surface area (Å²) < 4.78 is 12.7. The number of aromatic nitrogens is 1. The largest absolute Gasteiger partial charge is 0.488 e. The fraction of sp³-hybridized carbons (Fsp3) is 0.286. The lowest BCUT2D eigenvalue weighted by molar-refractivity contribution is -0.140. The molecule has 9 heteroatoms. The third kappa shape index (κ3) is 7.03. The van der Waals surface area contributed by atoms with E-state index in [1.807, 2.05) is 0 Å². The molecule has 0 unspecified atom stereocenters. The highest BCUT2D eigenvalue weighted by molar-refractivity contribution is 6.32. The van der Waals surface area contributed by atoms with Crippen LogP contribution < -0.4 is 14.8 Å². The maximum Gasteiger partial charge on any atom is 0.323 e. The Bertz CT molecular complexity index is 1700. The van der Waals surface area contributed by atoms with Gasteiger partial charge >= 0.3 is 5.97 Å². The summed E-state index contributed by atoms with van der Waals surface area (Å²) in [5.74, 6) is 0.135. The number of hydrogen-bond donors (Lipinski definition) is 3. The van der Waals surface area contributed by atoms with Gasteiger partial charge in [-0.3, -0.25) is 15.1 Å². The third-order valence-electron chi connectivity index (χ3n) is 7.80. The number of pyridine rings is 1. The van der Waals surface area contributed by atoms with Crippen molar-refractivity contribution in [1.82, 2.24) is 10.3 Å². The van der Waals surface area contributed by atoms with E-state index in [4.69, 9.17) is 21.1 Å². The average molecular weight is 612 g/mol. The average Bonchev–Trinajstić information content (AvgIpc) is 3.44. The van der Waals surface area contributed by atoms with Gasteiger partial charge in [-0.15, -0.1) is 0 Å². The number of nitrogens with zero attached hydrogens (tertiary/aromatic N) is 2. The number of carbonyl (C=O) groups is 1. The van der Waals surface area contributed by atoms with Gasteiger partial charge in [0.15, 0.2) is 0 Å². The van der Waals surface area contributed by atoms with E-state index in [-0.39, 0.29) is 19.3 Å². The van der Waals surface area contributed by atoms with E-state index in [0.717, 1.165) is 18.4 Å². The van der Waals surface area contributed by atoms with Gasteiger partial charge in [-0.1, -0.05) is 67.9 Å². The predicted octanol–water partition coefficient (Wildman–Crippen LogP) is 6.58. The van der Waals surface area contributed by atoms with Gasteiger partial charge in [0.25, 0.3) is 0 Å². The highest BCUT2D eigenvalue weighted by Crippen LogP contribution is 2.43. The summed E-state index contributed by atoms with van der Waals surface area (Å²) in [5.41, 5.74) is 7.77. The Labute approximate surface area is 261 Å². The van der Waals surface area contributed by atoms with E-state index in [0.29, 0.717) is 39.1 Å². The zero-order valence-corrected chi connectivity index (χ0v) is 25.3. The van der Waals surface area contributed by atoms with Crippen molar-refractivity contribution in [3.05, 3.63) is 111 Å². The summed E-state index contributed by atoms with van der Waals surface area (Å²) in [6, 6.07) is 21.0.